The Hall–Kier alpha value is -2.15. The Labute approximate surface area is 192 Å². The van der Waals surface area contributed by atoms with Crippen LogP contribution in [0.5, 0.6) is 0 Å². The van der Waals surface area contributed by atoms with Crippen molar-refractivity contribution in [3.8, 4) is 0 Å². The summed E-state index contributed by atoms with van der Waals surface area (Å²) < 4.78 is 72.4. The van der Waals surface area contributed by atoms with Crippen LogP contribution in [0.4, 0.5) is 32.2 Å². The van der Waals surface area contributed by atoms with E-state index in [2.05, 4.69) is 15.3 Å². The van der Waals surface area contributed by atoms with Crippen LogP contribution in [0, 0.1) is 0 Å². The molecular formula is C20H25ClF6N6. The molecule has 2 aliphatic rings. The fraction of sp³-hybridized carbons (Fsp3) is 0.500. The molecule has 2 fully saturated rings. The van der Waals surface area contributed by atoms with Crippen molar-refractivity contribution in [3.05, 3.63) is 52.9 Å². The van der Waals surface area contributed by atoms with Crippen LogP contribution in [0.1, 0.15) is 24.0 Å². The Bertz CT molecular complexity index is 838. The van der Waals surface area contributed by atoms with Gasteiger partial charge in [0, 0.05) is 44.1 Å². The van der Waals surface area contributed by atoms with Crippen molar-refractivity contribution in [1.82, 2.24) is 15.3 Å². The van der Waals surface area contributed by atoms with E-state index in [0.717, 1.165) is 56.9 Å². The van der Waals surface area contributed by atoms with E-state index < -0.39 is 23.5 Å². The standard InChI is InChI=1S/C10H12F3N3.C6H3ClF3N.C4H10N2/c11-10(12,13)7-1-2-9(15-5-7)16-4-3-8(14)6-16;7-5-2-1-4(3-11-5)6(8,9)10;5-4-1-2-6-3-4/h1-2,5,8H,3-4,6,14H2;1-3H;4,6H,1-3,5H2/t8-;;4-/m0.0/s1. The molecule has 0 spiro atoms. The molecule has 0 bridgehead atoms. The van der Waals surface area contributed by atoms with E-state index in [4.69, 9.17) is 23.1 Å². The first-order chi connectivity index (χ1) is 15.4. The number of halogens is 7. The molecule has 4 heterocycles. The summed E-state index contributed by atoms with van der Waals surface area (Å²) in [5.74, 6) is 0.556. The average Bonchev–Trinajstić information content (AvgIpc) is 3.39. The number of hydrogen-bond donors (Lipinski definition) is 3. The van der Waals surface area contributed by atoms with Crippen molar-refractivity contribution in [3.63, 3.8) is 0 Å². The van der Waals surface area contributed by atoms with E-state index in [1.807, 2.05) is 4.90 Å². The Morgan fingerprint density at radius 2 is 1.48 bits per heavy atom. The van der Waals surface area contributed by atoms with Crippen LogP contribution < -0.4 is 21.7 Å². The van der Waals surface area contributed by atoms with E-state index >= 15 is 0 Å². The maximum Gasteiger partial charge on any atom is 0.417 e. The Balaban J connectivity index is 0.000000195. The van der Waals surface area contributed by atoms with Crippen LogP contribution in [0.25, 0.3) is 0 Å². The first-order valence-corrected chi connectivity index (χ1v) is 10.4. The van der Waals surface area contributed by atoms with Gasteiger partial charge in [-0.1, -0.05) is 11.6 Å². The van der Waals surface area contributed by atoms with Gasteiger partial charge in [-0.3, -0.25) is 0 Å². The normalized spacial score (nSPS) is 20.6. The molecule has 4 rings (SSSR count). The van der Waals surface area contributed by atoms with Crippen molar-refractivity contribution >= 4 is 17.4 Å². The van der Waals surface area contributed by atoms with Gasteiger partial charge in [0.2, 0.25) is 0 Å². The summed E-state index contributed by atoms with van der Waals surface area (Å²) in [6, 6.07) is 4.95. The minimum Gasteiger partial charge on any atom is -0.355 e. The van der Waals surface area contributed by atoms with Crippen molar-refractivity contribution in [1.29, 1.82) is 0 Å². The predicted octanol–water partition coefficient (Wildman–Crippen LogP) is 3.70. The van der Waals surface area contributed by atoms with Crippen molar-refractivity contribution in [2.45, 2.75) is 37.3 Å². The lowest BCUT2D eigenvalue weighted by atomic mass is 10.3. The lowest BCUT2D eigenvalue weighted by Crippen LogP contribution is -2.26. The van der Waals surface area contributed by atoms with Crippen LogP contribution in [0.15, 0.2) is 36.7 Å². The maximum absolute atomic E-state index is 12.3. The number of alkyl halides is 6. The summed E-state index contributed by atoms with van der Waals surface area (Å²) in [7, 11) is 0. The van der Waals surface area contributed by atoms with Gasteiger partial charge in [0.15, 0.2) is 0 Å². The third kappa shape index (κ3) is 9.32. The van der Waals surface area contributed by atoms with E-state index in [9.17, 15) is 26.3 Å². The zero-order valence-corrected chi connectivity index (χ0v) is 18.3. The minimum absolute atomic E-state index is 0.0537. The minimum atomic E-state index is -4.34. The topological polar surface area (TPSA) is 93.1 Å². The van der Waals surface area contributed by atoms with Crippen molar-refractivity contribution in [2.24, 2.45) is 11.5 Å². The van der Waals surface area contributed by atoms with Crippen LogP contribution in [0.2, 0.25) is 5.15 Å². The highest BCUT2D eigenvalue weighted by molar-refractivity contribution is 6.29. The van der Waals surface area contributed by atoms with Crippen molar-refractivity contribution < 1.29 is 26.3 Å². The van der Waals surface area contributed by atoms with E-state index in [-0.39, 0.29) is 11.2 Å². The van der Waals surface area contributed by atoms with Gasteiger partial charge in [0.1, 0.15) is 11.0 Å². The molecule has 2 aromatic heterocycles. The number of nitrogens with zero attached hydrogens (tertiary/aromatic N) is 3. The summed E-state index contributed by atoms with van der Waals surface area (Å²) in [6.45, 7) is 3.53. The fourth-order valence-electron chi connectivity index (χ4n) is 2.96. The van der Waals surface area contributed by atoms with Crippen LogP contribution in [-0.4, -0.2) is 48.2 Å². The molecule has 184 valence electrons. The molecule has 0 radical (unpaired) electrons. The second-order valence-electron chi connectivity index (χ2n) is 7.52. The number of hydrogen-bond acceptors (Lipinski definition) is 6. The fourth-order valence-corrected chi connectivity index (χ4v) is 3.07. The number of aromatic nitrogens is 2. The highest BCUT2D eigenvalue weighted by Gasteiger charge is 2.31. The molecule has 2 aromatic rings. The summed E-state index contributed by atoms with van der Waals surface area (Å²) in [5.41, 5.74) is 9.67. The molecule has 13 heteroatoms. The summed E-state index contributed by atoms with van der Waals surface area (Å²) in [5, 5.41) is 3.20. The van der Waals surface area contributed by atoms with E-state index in [1.165, 1.54) is 6.07 Å². The molecule has 33 heavy (non-hydrogen) atoms. The molecule has 0 amide bonds. The molecule has 2 aliphatic heterocycles. The van der Waals surface area contributed by atoms with Crippen LogP contribution >= 0.6 is 11.6 Å². The van der Waals surface area contributed by atoms with Gasteiger partial charge < -0.3 is 21.7 Å². The zero-order valence-electron chi connectivity index (χ0n) is 17.5. The van der Waals surface area contributed by atoms with Crippen molar-refractivity contribution in [2.75, 3.05) is 31.1 Å². The molecule has 0 aromatic carbocycles. The maximum atomic E-state index is 12.3. The van der Waals surface area contributed by atoms with Gasteiger partial charge in [-0.05, 0) is 43.7 Å². The molecule has 5 N–H and O–H groups in total. The second kappa shape index (κ2) is 11.8. The summed E-state index contributed by atoms with van der Waals surface area (Å²) in [4.78, 5) is 9.00. The van der Waals surface area contributed by atoms with Gasteiger partial charge in [-0.25, -0.2) is 9.97 Å². The first-order valence-electron chi connectivity index (χ1n) is 10.0. The smallest absolute Gasteiger partial charge is 0.355 e. The lowest BCUT2D eigenvalue weighted by Gasteiger charge is -2.17. The lowest BCUT2D eigenvalue weighted by molar-refractivity contribution is -0.138. The Morgan fingerprint density at radius 1 is 0.879 bits per heavy atom. The number of nitrogens with one attached hydrogen (secondary N) is 1. The number of rotatable bonds is 1. The number of pyridine rings is 2. The molecular weight excluding hydrogens is 474 g/mol. The third-order valence-corrected chi connectivity index (χ3v) is 5.00. The molecule has 2 atom stereocenters. The van der Waals surface area contributed by atoms with Gasteiger partial charge in [-0.2, -0.15) is 26.3 Å². The van der Waals surface area contributed by atoms with Crippen LogP contribution in [-0.2, 0) is 12.4 Å². The van der Waals surface area contributed by atoms with Gasteiger partial charge >= 0.3 is 12.4 Å². The Morgan fingerprint density at radius 3 is 1.82 bits per heavy atom. The summed E-state index contributed by atoms with van der Waals surface area (Å²) in [6.07, 6.45) is -5.10. The van der Waals surface area contributed by atoms with Gasteiger partial charge in [-0.15, -0.1) is 0 Å². The SMILES string of the molecule is FC(F)(F)c1ccc(Cl)nc1.N[C@H]1CCN(c2ccc(C(F)(F)F)cn2)C1.N[C@H]1CCNC1. The average molecular weight is 499 g/mol. The molecule has 0 aliphatic carbocycles. The van der Waals surface area contributed by atoms with Gasteiger partial charge in [0.05, 0.1) is 11.1 Å². The zero-order chi connectivity index (χ0) is 24.6. The van der Waals surface area contributed by atoms with Crippen LogP contribution in [0.3, 0.4) is 0 Å². The third-order valence-electron chi connectivity index (χ3n) is 4.78. The molecule has 0 saturated carbocycles. The van der Waals surface area contributed by atoms with E-state index in [1.54, 1.807) is 0 Å². The monoisotopic (exact) mass is 498 g/mol. The first kappa shape index (κ1) is 27.1. The predicted molar refractivity (Wildman–Crippen MR) is 114 cm³/mol. The number of anilines is 1. The molecule has 0 unspecified atom stereocenters. The highest BCUT2D eigenvalue weighted by Crippen LogP contribution is 2.30. The largest absolute Gasteiger partial charge is 0.417 e. The second-order valence-corrected chi connectivity index (χ2v) is 7.91. The summed E-state index contributed by atoms with van der Waals surface area (Å²) >= 11 is 5.28. The molecule has 6 nitrogen and oxygen atoms in total. The van der Waals surface area contributed by atoms with Gasteiger partial charge in [0.25, 0.3) is 0 Å². The Kier molecular flexibility index (Phi) is 9.70. The number of nitrogens with two attached hydrogens (primary N) is 2. The van der Waals surface area contributed by atoms with E-state index in [0.29, 0.717) is 24.6 Å². The quantitative estimate of drug-likeness (QED) is 0.410. The highest BCUT2D eigenvalue weighted by atomic mass is 35.5. The molecule has 2 saturated heterocycles.